The van der Waals surface area contributed by atoms with Crippen LogP contribution < -0.4 is 5.56 Å². The molecule has 3 aromatic rings. The van der Waals surface area contributed by atoms with Gasteiger partial charge >= 0.3 is 0 Å². The number of amides is 1. The molecule has 9 heteroatoms. The number of aryl methyl sites for hydroxylation is 1. The van der Waals surface area contributed by atoms with Crippen molar-refractivity contribution in [3.63, 3.8) is 0 Å². The molecule has 0 aliphatic carbocycles. The lowest BCUT2D eigenvalue weighted by Crippen LogP contribution is -2.37. The largest absolute Gasteiger partial charge is 0.483 e. The van der Waals surface area contributed by atoms with Crippen LogP contribution in [0.15, 0.2) is 35.3 Å². The maximum Gasteiger partial charge on any atom is 0.290 e. The number of carbonyl (C=O) groups is 2. The molecule has 0 fully saturated rings. The minimum atomic E-state index is -0.410. The van der Waals surface area contributed by atoms with Crippen LogP contribution in [0.3, 0.4) is 0 Å². The zero-order chi connectivity index (χ0) is 19.4. The number of carbonyl (C=O) groups excluding carboxylic acids is 1. The van der Waals surface area contributed by atoms with Crippen molar-refractivity contribution in [2.75, 3.05) is 13.1 Å². The van der Waals surface area contributed by atoms with Gasteiger partial charge in [-0.25, -0.2) is 4.98 Å². The molecule has 0 unspecified atom stereocenters. The zero-order valence-electron chi connectivity index (χ0n) is 14.8. The predicted molar refractivity (Wildman–Crippen MR) is 96.8 cm³/mol. The van der Waals surface area contributed by atoms with Gasteiger partial charge in [0, 0.05) is 19.3 Å². The Hall–Kier alpha value is -3.49. The van der Waals surface area contributed by atoms with Gasteiger partial charge in [0.25, 0.3) is 23.7 Å². The van der Waals surface area contributed by atoms with E-state index in [1.54, 1.807) is 11.8 Å². The molecule has 0 atom stereocenters. The topological polar surface area (TPSA) is 121 Å². The fourth-order valence-electron chi connectivity index (χ4n) is 3.15. The van der Waals surface area contributed by atoms with Crippen molar-refractivity contribution in [1.82, 2.24) is 24.5 Å². The average Bonchev–Trinajstić information content (AvgIpc) is 2.91. The van der Waals surface area contributed by atoms with E-state index in [-0.39, 0.29) is 23.7 Å². The van der Waals surface area contributed by atoms with Crippen molar-refractivity contribution < 1.29 is 14.7 Å². The third kappa shape index (κ3) is 3.71. The molecule has 1 aromatic carbocycles. The second-order valence-corrected chi connectivity index (χ2v) is 6.09. The molecule has 27 heavy (non-hydrogen) atoms. The first-order valence-electron chi connectivity index (χ1n) is 8.43. The second kappa shape index (κ2) is 7.81. The first-order valence-corrected chi connectivity index (χ1v) is 8.43. The summed E-state index contributed by atoms with van der Waals surface area (Å²) in [6.45, 7) is 2.68. The lowest BCUT2D eigenvalue weighted by molar-refractivity contribution is -0.122. The fraction of sp³-hybridized carbons (Fsp3) is 0.278. The van der Waals surface area contributed by atoms with Crippen molar-refractivity contribution in [3.05, 3.63) is 63.3 Å². The molecule has 3 heterocycles. The van der Waals surface area contributed by atoms with E-state index in [4.69, 9.17) is 9.90 Å². The van der Waals surface area contributed by atoms with Crippen molar-refractivity contribution in [3.8, 4) is 0 Å². The standard InChI is InChI=1S/C17H17N5O2.CH2O2/c1-11-19-17-18-10-14(16(24)22(17)20-11)15(23)21-8-6-12-4-2-3-5-13(12)7-9-21;2-1-3/h2-5,10H,6-9H2,1H3,(H,18,19,20);1H,(H,2,3). The molecule has 0 saturated heterocycles. The van der Waals surface area contributed by atoms with Gasteiger partial charge in [-0.3, -0.25) is 19.5 Å². The highest BCUT2D eigenvalue weighted by atomic mass is 16.3. The smallest absolute Gasteiger partial charge is 0.290 e. The molecule has 2 aromatic heterocycles. The Kier molecular flexibility index (Phi) is 5.30. The summed E-state index contributed by atoms with van der Waals surface area (Å²) in [4.78, 5) is 43.7. The van der Waals surface area contributed by atoms with Crippen LogP contribution >= 0.6 is 0 Å². The number of benzene rings is 1. The van der Waals surface area contributed by atoms with Gasteiger partial charge in [0.05, 0.1) is 0 Å². The van der Waals surface area contributed by atoms with Crippen LogP contribution in [0.25, 0.3) is 5.78 Å². The molecule has 2 N–H and O–H groups in total. The highest BCUT2D eigenvalue weighted by molar-refractivity contribution is 5.93. The number of carboxylic acid groups (broad SMARTS) is 1. The van der Waals surface area contributed by atoms with Crippen LogP contribution in [0.2, 0.25) is 0 Å². The quantitative estimate of drug-likeness (QED) is 0.608. The summed E-state index contributed by atoms with van der Waals surface area (Å²) in [5, 5.41) is 9.70. The van der Waals surface area contributed by atoms with E-state index < -0.39 is 5.56 Å². The summed E-state index contributed by atoms with van der Waals surface area (Å²) in [7, 11) is 0. The Morgan fingerprint density at radius 1 is 1.22 bits per heavy atom. The number of aromatic amines is 1. The third-order valence-corrected chi connectivity index (χ3v) is 4.42. The lowest BCUT2D eigenvalue weighted by atomic mass is 10.0. The number of rotatable bonds is 1. The van der Waals surface area contributed by atoms with E-state index in [0.29, 0.717) is 18.9 Å². The Morgan fingerprint density at radius 2 is 1.81 bits per heavy atom. The lowest BCUT2D eigenvalue weighted by Gasteiger charge is -2.19. The van der Waals surface area contributed by atoms with Gasteiger partial charge in [-0.15, -0.1) is 0 Å². The molecular formula is C18H19N5O4. The average molecular weight is 369 g/mol. The number of hydrogen-bond acceptors (Lipinski definition) is 5. The monoisotopic (exact) mass is 369 g/mol. The molecule has 0 saturated carbocycles. The maximum atomic E-state index is 12.8. The predicted octanol–water partition coefficient (Wildman–Crippen LogP) is 0.668. The number of fused-ring (bicyclic) bond motifs is 2. The van der Waals surface area contributed by atoms with Crippen molar-refractivity contribution in [1.29, 1.82) is 0 Å². The van der Waals surface area contributed by atoms with Crippen molar-refractivity contribution >= 4 is 18.2 Å². The number of aromatic nitrogens is 4. The summed E-state index contributed by atoms with van der Waals surface area (Å²) in [6.07, 6.45) is 2.92. The van der Waals surface area contributed by atoms with E-state index in [9.17, 15) is 9.59 Å². The normalized spacial score (nSPS) is 13.3. The summed E-state index contributed by atoms with van der Waals surface area (Å²) in [6, 6.07) is 8.22. The Balaban J connectivity index is 0.000000659. The van der Waals surface area contributed by atoms with E-state index in [2.05, 4.69) is 27.2 Å². The number of nitrogens with one attached hydrogen (secondary N) is 1. The third-order valence-electron chi connectivity index (χ3n) is 4.42. The number of nitrogens with zero attached hydrogens (tertiary/aromatic N) is 4. The first-order chi connectivity index (χ1) is 13.0. The van der Waals surface area contributed by atoms with E-state index in [0.717, 1.165) is 12.8 Å². The molecule has 1 aliphatic rings. The summed E-state index contributed by atoms with van der Waals surface area (Å²) in [5.74, 6) is 0.578. The van der Waals surface area contributed by atoms with Crippen LogP contribution in [0, 0.1) is 6.92 Å². The molecule has 4 rings (SSSR count). The minimum absolute atomic E-state index is 0.0714. The van der Waals surface area contributed by atoms with E-state index >= 15 is 0 Å². The van der Waals surface area contributed by atoms with Crippen LogP contribution in [-0.2, 0) is 17.6 Å². The molecule has 0 spiro atoms. The highest BCUT2D eigenvalue weighted by Crippen LogP contribution is 2.16. The van der Waals surface area contributed by atoms with Crippen LogP contribution in [0.1, 0.15) is 27.3 Å². The summed E-state index contributed by atoms with van der Waals surface area (Å²) in [5.41, 5.74) is 2.19. The van der Waals surface area contributed by atoms with Crippen LogP contribution in [0.5, 0.6) is 0 Å². The van der Waals surface area contributed by atoms with E-state index in [1.165, 1.54) is 21.8 Å². The molecule has 9 nitrogen and oxygen atoms in total. The molecule has 0 radical (unpaired) electrons. The SMILES string of the molecule is Cc1nc2ncc(C(=O)N3CCc4ccccc4CC3)c(=O)n2[nH]1.O=CO. The molecular weight excluding hydrogens is 350 g/mol. The van der Waals surface area contributed by atoms with Crippen molar-refractivity contribution in [2.45, 2.75) is 19.8 Å². The Labute approximate surface area is 154 Å². The fourth-order valence-corrected chi connectivity index (χ4v) is 3.15. The van der Waals surface area contributed by atoms with Gasteiger partial charge in [-0.2, -0.15) is 9.50 Å². The Morgan fingerprint density at radius 3 is 2.41 bits per heavy atom. The number of hydrogen-bond donors (Lipinski definition) is 2. The van der Waals surface area contributed by atoms with Gasteiger partial charge in [-0.1, -0.05) is 24.3 Å². The second-order valence-electron chi connectivity index (χ2n) is 6.09. The summed E-state index contributed by atoms with van der Waals surface area (Å²) >= 11 is 0. The summed E-state index contributed by atoms with van der Waals surface area (Å²) < 4.78 is 1.22. The maximum absolute atomic E-state index is 12.8. The minimum Gasteiger partial charge on any atom is -0.483 e. The van der Waals surface area contributed by atoms with Gasteiger partial charge in [0.1, 0.15) is 11.4 Å². The van der Waals surface area contributed by atoms with Gasteiger partial charge in [0.2, 0.25) is 0 Å². The molecule has 1 amide bonds. The van der Waals surface area contributed by atoms with Gasteiger partial charge < -0.3 is 10.0 Å². The van der Waals surface area contributed by atoms with E-state index in [1.807, 2.05) is 12.1 Å². The van der Waals surface area contributed by atoms with Crippen molar-refractivity contribution in [2.24, 2.45) is 0 Å². The highest BCUT2D eigenvalue weighted by Gasteiger charge is 2.23. The first kappa shape index (κ1) is 18.3. The van der Waals surface area contributed by atoms with Crippen LogP contribution in [-0.4, -0.2) is 55.1 Å². The number of H-pyrrole nitrogens is 1. The van der Waals surface area contributed by atoms with Gasteiger partial charge in [0.15, 0.2) is 0 Å². The Bertz CT molecular complexity index is 1010. The van der Waals surface area contributed by atoms with Gasteiger partial charge in [-0.05, 0) is 30.9 Å². The zero-order valence-corrected chi connectivity index (χ0v) is 14.8. The molecule has 0 bridgehead atoms. The van der Waals surface area contributed by atoms with Crippen LogP contribution in [0.4, 0.5) is 0 Å². The molecule has 140 valence electrons. The molecule has 1 aliphatic heterocycles.